The molecule has 2 aliphatic heterocycles. The van der Waals surface area contributed by atoms with Crippen molar-refractivity contribution in [2.45, 2.75) is 30.6 Å². The summed E-state index contributed by atoms with van der Waals surface area (Å²) in [6.45, 7) is 6.43. The number of piperidine rings is 1. The average molecular weight is 607 g/mol. The van der Waals surface area contributed by atoms with Gasteiger partial charge in [0.1, 0.15) is 5.75 Å². The van der Waals surface area contributed by atoms with E-state index in [1.54, 1.807) is 24.3 Å². The Morgan fingerprint density at radius 2 is 1.67 bits per heavy atom. The van der Waals surface area contributed by atoms with Gasteiger partial charge in [0.05, 0.1) is 30.8 Å². The third kappa shape index (κ3) is 8.49. The van der Waals surface area contributed by atoms with Crippen LogP contribution >= 0.6 is 0 Å². The Kier molecular flexibility index (Phi) is 10.6. The van der Waals surface area contributed by atoms with Crippen molar-refractivity contribution in [1.82, 2.24) is 10.2 Å². The largest absolute Gasteiger partial charge is 0.497 e. The first-order valence-corrected chi connectivity index (χ1v) is 16.6. The van der Waals surface area contributed by atoms with E-state index in [1.807, 2.05) is 12.1 Å². The van der Waals surface area contributed by atoms with E-state index in [2.05, 4.69) is 44.1 Å². The molecule has 0 spiro atoms. The number of amides is 1. The van der Waals surface area contributed by atoms with E-state index < -0.39 is 10.0 Å². The fraction of sp³-hybridized carbons (Fsp3) is 0.424. The molecule has 10 heteroatoms. The molecule has 0 bridgehead atoms. The van der Waals surface area contributed by atoms with Crippen molar-refractivity contribution in [3.8, 4) is 5.75 Å². The first-order valence-electron chi connectivity index (χ1n) is 15.1. The van der Waals surface area contributed by atoms with Gasteiger partial charge in [-0.15, -0.1) is 0 Å². The highest BCUT2D eigenvalue weighted by atomic mass is 32.2. The Morgan fingerprint density at radius 1 is 0.953 bits per heavy atom. The zero-order valence-corrected chi connectivity index (χ0v) is 25.7. The second-order valence-corrected chi connectivity index (χ2v) is 12.9. The highest BCUT2D eigenvalue weighted by Gasteiger charge is 2.24. The molecule has 5 rings (SSSR count). The van der Waals surface area contributed by atoms with E-state index in [-0.39, 0.29) is 10.8 Å². The molecule has 43 heavy (non-hydrogen) atoms. The molecular formula is C33H42N4O5S. The Bertz CT molecular complexity index is 1440. The lowest BCUT2D eigenvalue weighted by molar-refractivity contribution is 0.0374. The van der Waals surface area contributed by atoms with Gasteiger partial charge in [0.15, 0.2) is 0 Å². The highest BCUT2D eigenvalue weighted by molar-refractivity contribution is 7.92. The van der Waals surface area contributed by atoms with Gasteiger partial charge in [0, 0.05) is 44.1 Å². The number of sulfonamides is 1. The van der Waals surface area contributed by atoms with Gasteiger partial charge in [-0.1, -0.05) is 30.3 Å². The van der Waals surface area contributed by atoms with E-state index in [9.17, 15) is 13.2 Å². The summed E-state index contributed by atoms with van der Waals surface area (Å²) in [4.78, 5) is 18.3. The summed E-state index contributed by atoms with van der Waals surface area (Å²) in [7, 11) is -2.32. The van der Waals surface area contributed by atoms with Crippen LogP contribution in [0.4, 0.5) is 11.4 Å². The molecule has 1 amide bonds. The van der Waals surface area contributed by atoms with Crippen LogP contribution in [0.1, 0.15) is 35.2 Å². The van der Waals surface area contributed by atoms with Crippen LogP contribution in [0.3, 0.4) is 0 Å². The maximum Gasteiger partial charge on any atom is 0.261 e. The van der Waals surface area contributed by atoms with Crippen LogP contribution < -0.4 is 19.7 Å². The summed E-state index contributed by atoms with van der Waals surface area (Å²) in [5.74, 6) is 0.962. The quantitative estimate of drug-likeness (QED) is 0.295. The predicted molar refractivity (Wildman–Crippen MR) is 170 cm³/mol. The van der Waals surface area contributed by atoms with Crippen molar-refractivity contribution in [1.29, 1.82) is 0 Å². The minimum absolute atomic E-state index is 0.118. The number of methoxy groups -OCH3 is 1. The van der Waals surface area contributed by atoms with Gasteiger partial charge < -0.3 is 19.7 Å². The van der Waals surface area contributed by atoms with Crippen LogP contribution in [0.25, 0.3) is 0 Å². The Labute approximate surface area is 255 Å². The van der Waals surface area contributed by atoms with E-state index in [4.69, 9.17) is 9.47 Å². The van der Waals surface area contributed by atoms with Gasteiger partial charge in [-0.2, -0.15) is 0 Å². The van der Waals surface area contributed by atoms with Gasteiger partial charge in [-0.05, 0) is 86.2 Å². The number of rotatable bonds is 12. The lowest BCUT2D eigenvalue weighted by Gasteiger charge is -2.35. The minimum Gasteiger partial charge on any atom is -0.497 e. The van der Waals surface area contributed by atoms with Crippen molar-refractivity contribution in [3.05, 3.63) is 83.9 Å². The monoisotopic (exact) mass is 606 g/mol. The number of hydrogen-bond acceptors (Lipinski definition) is 7. The Hall–Kier alpha value is -3.60. The Morgan fingerprint density at radius 3 is 2.37 bits per heavy atom. The van der Waals surface area contributed by atoms with Gasteiger partial charge in [0.25, 0.3) is 15.9 Å². The summed E-state index contributed by atoms with van der Waals surface area (Å²) in [5.41, 5.74) is 3.00. The normalized spacial score (nSPS) is 16.5. The molecule has 9 nitrogen and oxygen atoms in total. The second kappa shape index (κ2) is 14.7. The molecule has 2 heterocycles. The molecule has 2 N–H and O–H groups in total. The number of morpholine rings is 1. The topological polar surface area (TPSA) is 100 Å². The molecule has 0 unspecified atom stereocenters. The number of hydrogen-bond donors (Lipinski definition) is 2. The Balaban J connectivity index is 1.29. The SMILES string of the molecule is COc1ccc(S(=O)(=O)Nc2ccc(N3CCC(Cc4ccccc4)CC3)c(C(=O)NCCCN3CCOCC3)c2)cc1. The van der Waals surface area contributed by atoms with E-state index in [0.717, 1.165) is 77.3 Å². The van der Waals surface area contributed by atoms with E-state index >= 15 is 0 Å². The van der Waals surface area contributed by atoms with Crippen LogP contribution in [0, 0.1) is 5.92 Å². The van der Waals surface area contributed by atoms with Gasteiger partial charge >= 0.3 is 0 Å². The van der Waals surface area contributed by atoms with Crippen LogP contribution in [0.5, 0.6) is 5.75 Å². The van der Waals surface area contributed by atoms with Crippen molar-refractivity contribution < 1.29 is 22.7 Å². The fourth-order valence-corrected chi connectivity index (χ4v) is 6.83. The summed E-state index contributed by atoms with van der Waals surface area (Å²) in [6, 6.07) is 22.0. The lowest BCUT2D eigenvalue weighted by Crippen LogP contribution is -2.38. The molecule has 2 saturated heterocycles. The lowest BCUT2D eigenvalue weighted by atomic mass is 9.89. The number of ether oxygens (including phenoxy) is 2. The predicted octanol–water partition coefficient (Wildman–Crippen LogP) is 4.41. The third-order valence-electron chi connectivity index (χ3n) is 8.23. The first-order chi connectivity index (χ1) is 20.9. The standard InChI is InChI=1S/C33H42N4O5S/c1-41-29-9-11-30(12-10-29)43(39,40)35-28-8-13-32(37-18-14-27(15-19-37)24-26-6-3-2-4-7-26)31(25-28)33(38)34-16-5-17-36-20-22-42-23-21-36/h2-4,6-13,25,27,35H,5,14-24H2,1H3,(H,34,38). The van der Waals surface area contributed by atoms with Crippen molar-refractivity contribution >= 4 is 27.3 Å². The van der Waals surface area contributed by atoms with Crippen molar-refractivity contribution in [2.75, 3.05) is 69.2 Å². The summed E-state index contributed by atoms with van der Waals surface area (Å²) in [5, 5.41) is 3.08. The molecule has 3 aromatic carbocycles. The molecule has 0 radical (unpaired) electrons. The number of carbonyl (C=O) groups is 1. The second-order valence-electron chi connectivity index (χ2n) is 11.2. The molecule has 2 fully saturated rings. The van der Waals surface area contributed by atoms with Crippen molar-refractivity contribution in [3.63, 3.8) is 0 Å². The van der Waals surface area contributed by atoms with Gasteiger partial charge in [-0.25, -0.2) is 8.42 Å². The zero-order chi connectivity index (χ0) is 30.1. The molecule has 2 aliphatic rings. The molecule has 3 aromatic rings. The molecular weight excluding hydrogens is 564 g/mol. The minimum atomic E-state index is -3.86. The van der Waals surface area contributed by atoms with E-state index in [1.165, 1.54) is 24.8 Å². The number of carbonyl (C=O) groups excluding carboxylic acids is 1. The maximum absolute atomic E-state index is 13.6. The van der Waals surface area contributed by atoms with Crippen LogP contribution in [0.15, 0.2) is 77.7 Å². The molecule has 0 aliphatic carbocycles. The zero-order valence-electron chi connectivity index (χ0n) is 24.8. The molecule has 0 saturated carbocycles. The van der Waals surface area contributed by atoms with Crippen LogP contribution in [0.2, 0.25) is 0 Å². The molecule has 0 aromatic heterocycles. The maximum atomic E-state index is 13.6. The number of benzene rings is 3. The third-order valence-corrected chi connectivity index (χ3v) is 9.62. The molecule has 0 atom stereocenters. The number of nitrogens with zero attached hydrogens (tertiary/aromatic N) is 2. The van der Waals surface area contributed by atoms with Gasteiger partial charge in [0.2, 0.25) is 0 Å². The van der Waals surface area contributed by atoms with Crippen LogP contribution in [-0.4, -0.2) is 78.8 Å². The first kappa shape index (κ1) is 30.8. The number of anilines is 2. The summed E-state index contributed by atoms with van der Waals surface area (Å²) in [6.07, 6.45) is 3.94. The number of nitrogens with one attached hydrogen (secondary N) is 2. The fourth-order valence-electron chi connectivity index (χ4n) is 5.78. The average Bonchev–Trinajstić information content (AvgIpc) is 3.04. The molecule has 230 valence electrons. The smallest absolute Gasteiger partial charge is 0.261 e. The van der Waals surface area contributed by atoms with Crippen molar-refractivity contribution in [2.24, 2.45) is 5.92 Å². The van der Waals surface area contributed by atoms with E-state index in [0.29, 0.717) is 29.5 Å². The summed E-state index contributed by atoms with van der Waals surface area (Å²) < 4.78 is 39.5. The highest BCUT2D eigenvalue weighted by Crippen LogP contribution is 2.31. The van der Waals surface area contributed by atoms with Crippen LogP contribution in [-0.2, 0) is 21.2 Å². The van der Waals surface area contributed by atoms with Gasteiger partial charge in [-0.3, -0.25) is 14.4 Å². The summed E-state index contributed by atoms with van der Waals surface area (Å²) >= 11 is 0.